The maximum Gasteiger partial charge on any atom is 0.107 e. The second kappa shape index (κ2) is 5.78. The van der Waals surface area contributed by atoms with Crippen LogP contribution in [0.1, 0.15) is 49.4 Å². The maximum atomic E-state index is 4.45. The number of nitrogens with zero attached hydrogens (tertiary/aromatic N) is 1. The molecule has 1 fully saturated rings. The number of rotatable bonds is 4. The minimum atomic E-state index is 0.720. The van der Waals surface area contributed by atoms with E-state index in [1.165, 1.54) is 35.6 Å². The third-order valence-electron chi connectivity index (χ3n) is 3.43. The van der Waals surface area contributed by atoms with Crippen molar-refractivity contribution >= 4 is 11.3 Å². The number of nitrogens with one attached hydrogen (secondary N) is 1. The average Bonchev–Trinajstić information content (AvgIpc) is 2.74. The van der Waals surface area contributed by atoms with Crippen molar-refractivity contribution in [3.8, 4) is 0 Å². The third kappa shape index (κ3) is 3.29. The Morgan fingerprint density at radius 2 is 2.38 bits per heavy atom. The molecule has 1 aromatic rings. The zero-order valence-electron chi connectivity index (χ0n) is 10.3. The second-order valence-electron chi connectivity index (χ2n) is 4.92. The molecule has 16 heavy (non-hydrogen) atoms. The van der Waals surface area contributed by atoms with E-state index in [4.69, 9.17) is 0 Å². The molecular weight excluding hydrogens is 216 g/mol. The molecule has 0 radical (unpaired) electrons. The van der Waals surface area contributed by atoms with E-state index in [1.807, 2.05) is 17.5 Å². The monoisotopic (exact) mass is 238 g/mol. The van der Waals surface area contributed by atoms with Gasteiger partial charge in [-0.15, -0.1) is 11.3 Å². The molecule has 1 saturated carbocycles. The van der Waals surface area contributed by atoms with Crippen LogP contribution >= 0.6 is 11.3 Å². The molecule has 0 saturated heterocycles. The van der Waals surface area contributed by atoms with Crippen molar-refractivity contribution in [3.63, 3.8) is 0 Å². The highest BCUT2D eigenvalue weighted by Gasteiger charge is 2.18. The van der Waals surface area contributed by atoms with Gasteiger partial charge in [-0.1, -0.05) is 26.7 Å². The SMILES string of the molecule is CCc1cnc(CNC2CCCC(C)C2)s1. The van der Waals surface area contributed by atoms with Gasteiger partial charge in [-0.2, -0.15) is 0 Å². The molecule has 1 aromatic heterocycles. The van der Waals surface area contributed by atoms with Gasteiger partial charge < -0.3 is 5.32 Å². The second-order valence-corrected chi connectivity index (χ2v) is 6.12. The van der Waals surface area contributed by atoms with Gasteiger partial charge in [0.15, 0.2) is 0 Å². The minimum Gasteiger partial charge on any atom is -0.308 e. The molecule has 3 heteroatoms. The first-order valence-corrected chi connectivity index (χ1v) is 7.26. The van der Waals surface area contributed by atoms with Crippen LogP contribution in [-0.4, -0.2) is 11.0 Å². The first-order chi connectivity index (χ1) is 7.78. The Morgan fingerprint density at radius 1 is 1.50 bits per heavy atom. The fourth-order valence-corrected chi connectivity index (χ4v) is 3.26. The molecule has 2 rings (SSSR count). The summed E-state index contributed by atoms with van der Waals surface area (Å²) in [4.78, 5) is 5.84. The highest BCUT2D eigenvalue weighted by atomic mass is 32.1. The minimum absolute atomic E-state index is 0.720. The van der Waals surface area contributed by atoms with Gasteiger partial charge in [0.1, 0.15) is 5.01 Å². The van der Waals surface area contributed by atoms with Crippen molar-refractivity contribution < 1.29 is 0 Å². The molecule has 0 spiro atoms. The molecular formula is C13H22N2S. The van der Waals surface area contributed by atoms with Gasteiger partial charge in [0.25, 0.3) is 0 Å². The van der Waals surface area contributed by atoms with Crippen molar-refractivity contribution in [1.82, 2.24) is 10.3 Å². The molecule has 2 atom stereocenters. The lowest BCUT2D eigenvalue weighted by Gasteiger charge is -2.27. The summed E-state index contributed by atoms with van der Waals surface area (Å²) in [5.74, 6) is 0.897. The van der Waals surface area contributed by atoms with Crippen molar-refractivity contribution in [2.24, 2.45) is 5.92 Å². The molecule has 0 amide bonds. The van der Waals surface area contributed by atoms with Crippen LogP contribution in [0.4, 0.5) is 0 Å². The Hall–Kier alpha value is -0.410. The number of hydrogen-bond acceptors (Lipinski definition) is 3. The lowest BCUT2D eigenvalue weighted by molar-refractivity contribution is 0.300. The molecule has 1 aliphatic carbocycles. The summed E-state index contributed by atoms with van der Waals surface area (Å²) in [5.41, 5.74) is 0. The molecule has 2 unspecified atom stereocenters. The van der Waals surface area contributed by atoms with Gasteiger partial charge >= 0.3 is 0 Å². The molecule has 0 aliphatic heterocycles. The van der Waals surface area contributed by atoms with Crippen LogP contribution in [0.3, 0.4) is 0 Å². The normalized spacial score (nSPS) is 25.9. The number of hydrogen-bond donors (Lipinski definition) is 1. The summed E-state index contributed by atoms with van der Waals surface area (Å²) in [7, 11) is 0. The van der Waals surface area contributed by atoms with Crippen LogP contribution in [0, 0.1) is 5.92 Å². The van der Waals surface area contributed by atoms with Crippen LogP contribution in [0.15, 0.2) is 6.20 Å². The summed E-state index contributed by atoms with van der Waals surface area (Å²) in [5, 5.41) is 4.90. The lowest BCUT2D eigenvalue weighted by Crippen LogP contribution is -2.32. The van der Waals surface area contributed by atoms with Gasteiger partial charge in [0.05, 0.1) is 0 Å². The summed E-state index contributed by atoms with van der Waals surface area (Å²) in [6.45, 7) is 5.52. The van der Waals surface area contributed by atoms with E-state index in [1.54, 1.807) is 0 Å². The number of thiazole rings is 1. The fraction of sp³-hybridized carbons (Fsp3) is 0.769. The van der Waals surface area contributed by atoms with E-state index >= 15 is 0 Å². The average molecular weight is 238 g/mol. The van der Waals surface area contributed by atoms with Crippen LogP contribution in [0.2, 0.25) is 0 Å². The van der Waals surface area contributed by atoms with Crippen molar-refractivity contribution in [2.45, 2.75) is 58.5 Å². The molecule has 0 bridgehead atoms. The van der Waals surface area contributed by atoms with E-state index in [-0.39, 0.29) is 0 Å². The summed E-state index contributed by atoms with van der Waals surface area (Å²) in [6.07, 6.45) is 8.61. The lowest BCUT2D eigenvalue weighted by atomic mass is 9.87. The Kier molecular flexibility index (Phi) is 4.36. The molecule has 1 aliphatic rings. The topological polar surface area (TPSA) is 24.9 Å². The molecule has 0 aromatic carbocycles. The van der Waals surface area contributed by atoms with E-state index in [2.05, 4.69) is 24.1 Å². The largest absolute Gasteiger partial charge is 0.308 e. The Bertz CT molecular complexity index is 321. The van der Waals surface area contributed by atoms with Gasteiger partial charge in [0, 0.05) is 23.7 Å². The zero-order valence-corrected chi connectivity index (χ0v) is 11.1. The third-order valence-corrected chi connectivity index (χ3v) is 4.57. The quantitative estimate of drug-likeness (QED) is 0.870. The zero-order chi connectivity index (χ0) is 11.4. The molecule has 1 N–H and O–H groups in total. The van der Waals surface area contributed by atoms with Crippen LogP contribution < -0.4 is 5.32 Å². The highest BCUT2D eigenvalue weighted by molar-refractivity contribution is 7.11. The summed E-state index contributed by atoms with van der Waals surface area (Å²) in [6, 6.07) is 0.720. The first-order valence-electron chi connectivity index (χ1n) is 6.45. The fourth-order valence-electron chi connectivity index (χ4n) is 2.44. The van der Waals surface area contributed by atoms with Gasteiger partial charge in [-0.25, -0.2) is 4.98 Å². The Morgan fingerprint density at radius 3 is 3.06 bits per heavy atom. The Labute approximate surface area is 102 Å². The van der Waals surface area contributed by atoms with E-state index in [0.717, 1.165) is 24.9 Å². The van der Waals surface area contributed by atoms with Crippen LogP contribution in [-0.2, 0) is 13.0 Å². The van der Waals surface area contributed by atoms with Gasteiger partial charge in [0.2, 0.25) is 0 Å². The maximum absolute atomic E-state index is 4.45. The van der Waals surface area contributed by atoms with E-state index < -0.39 is 0 Å². The first kappa shape index (κ1) is 12.1. The van der Waals surface area contributed by atoms with Crippen molar-refractivity contribution in [2.75, 3.05) is 0 Å². The molecule has 1 heterocycles. The van der Waals surface area contributed by atoms with E-state index in [0.29, 0.717) is 0 Å². The molecule has 90 valence electrons. The highest BCUT2D eigenvalue weighted by Crippen LogP contribution is 2.24. The summed E-state index contributed by atoms with van der Waals surface area (Å²) < 4.78 is 0. The van der Waals surface area contributed by atoms with E-state index in [9.17, 15) is 0 Å². The number of aromatic nitrogens is 1. The predicted octanol–water partition coefficient (Wildman–Crippen LogP) is 3.37. The van der Waals surface area contributed by atoms with Gasteiger partial charge in [-0.3, -0.25) is 0 Å². The van der Waals surface area contributed by atoms with Crippen LogP contribution in [0.5, 0.6) is 0 Å². The van der Waals surface area contributed by atoms with Crippen molar-refractivity contribution in [3.05, 3.63) is 16.1 Å². The molecule has 2 nitrogen and oxygen atoms in total. The predicted molar refractivity (Wildman–Crippen MR) is 69.8 cm³/mol. The standard InChI is InChI=1S/C13H22N2S/c1-3-12-8-15-13(16-12)9-14-11-6-4-5-10(2)7-11/h8,10-11,14H,3-7,9H2,1-2H3. The Balaban J connectivity index is 1.78. The van der Waals surface area contributed by atoms with Crippen molar-refractivity contribution in [1.29, 1.82) is 0 Å². The number of aryl methyl sites for hydroxylation is 1. The van der Waals surface area contributed by atoms with Gasteiger partial charge in [-0.05, 0) is 25.2 Å². The summed E-state index contributed by atoms with van der Waals surface area (Å²) >= 11 is 1.85. The van der Waals surface area contributed by atoms with Crippen LogP contribution in [0.25, 0.3) is 0 Å². The smallest absolute Gasteiger partial charge is 0.107 e.